The van der Waals surface area contributed by atoms with Gasteiger partial charge < -0.3 is 4.74 Å². The molecule has 2 nitrogen and oxygen atoms in total. The maximum atomic E-state index is 13.0. The Morgan fingerprint density at radius 2 is 2.40 bits per heavy atom. The van der Waals surface area contributed by atoms with Crippen LogP contribution >= 0.6 is 11.9 Å². The van der Waals surface area contributed by atoms with E-state index in [9.17, 15) is 4.39 Å². The minimum Gasteiger partial charge on any atom is -0.491 e. The fourth-order valence-corrected chi connectivity index (χ4v) is 3.49. The quantitative estimate of drug-likeness (QED) is 0.628. The van der Waals surface area contributed by atoms with Gasteiger partial charge in [0.05, 0.1) is 6.04 Å². The molecule has 2 unspecified atom stereocenters. The second-order valence-electron chi connectivity index (χ2n) is 4.01. The van der Waals surface area contributed by atoms with Crippen molar-refractivity contribution < 1.29 is 9.13 Å². The van der Waals surface area contributed by atoms with Gasteiger partial charge in [-0.15, -0.1) is 0 Å². The summed E-state index contributed by atoms with van der Waals surface area (Å²) in [7, 11) is 2.09. The highest BCUT2D eigenvalue weighted by Crippen LogP contribution is 2.44. The number of fused-ring (bicyclic) bond motifs is 3. The van der Waals surface area contributed by atoms with Crippen LogP contribution in [0.2, 0.25) is 0 Å². The predicted octanol–water partition coefficient (Wildman–Crippen LogP) is 2.26. The zero-order valence-corrected chi connectivity index (χ0v) is 9.26. The zero-order valence-electron chi connectivity index (χ0n) is 8.44. The SMILES string of the molecule is CN1SCC2c3ccc(F)cc3OCC21. The number of halogens is 1. The highest BCUT2D eigenvalue weighted by molar-refractivity contribution is 7.97. The van der Waals surface area contributed by atoms with Crippen LogP contribution < -0.4 is 4.74 Å². The van der Waals surface area contributed by atoms with Crippen molar-refractivity contribution in [3.8, 4) is 5.75 Å². The van der Waals surface area contributed by atoms with Crippen LogP contribution in [0.15, 0.2) is 18.2 Å². The largest absolute Gasteiger partial charge is 0.491 e. The summed E-state index contributed by atoms with van der Waals surface area (Å²) in [5.74, 6) is 2.08. The lowest BCUT2D eigenvalue weighted by molar-refractivity contribution is 0.195. The van der Waals surface area contributed by atoms with Gasteiger partial charge in [0.15, 0.2) is 0 Å². The van der Waals surface area contributed by atoms with Gasteiger partial charge in [-0.25, -0.2) is 8.70 Å². The summed E-state index contributed by atoms with van der Waals surface area (Å²) in [6.07, 6.45) is 0. The van der Waals surface area contributed by atoms with Gasteiger partial charge in [-0.2, -0.15) is 0 Å². The Labute approximate surface area is 92.5 Å². The Balaban J connectivity index is 2.02. The van der Waals surface area contributed by atoms with Gasteiger partial charge in [0, 0.05) is 23.3 Å². The molecule has 2 atom stereocenters. The Morgan fingerprint density at radius 3 is 3.27 bits per heavy atom. The molecule has 2 aliphatic heterocycles. The van der Waals surface area contributed by atoms with Crippen LogP contribution in [0.25, 0.3) is 0 Å². The Bertz CT molecular complexity index is 398. The van der Waals surface area contributed by atoms with Gasteiger partial charge in [-0.05, 0) is 13.1 Å². The van der Waals surface area contributed by atoms with Gasteiger partial charge in [0.1, 0.15) is 18.2 Å². The molecule has 0 radical (unpaired) electrons. The first-order chi connectivity index (χ1) is 7.25. The lowest BCUT2D eigenvalue weighted by Crippen LogP contribution is -2.35. The lowest BCUT2D eigenvalue weighted by Gasteiger charge is -2.30. The van der Waals surface area contributed by atoms with E-state index in [0.717, 1.165) is 17.1 Å². The van der Waals surface area contributed by atoms with Gasteiger partial charge in [-0.3, -0.25) is 0 Å². The molecule has 2 heterocycles. The molecular weight excluding hydrogens is 213 g/mol. The van der Waals surface area contributed by atoms with Gasteiger partial charge in [-0.1, -0.05) is 18.0 Å². The van der Waals surface area contributed by atoms with Crippen LogP contribution in [-0.2, 0) is 0 Å². The molecule has 0 aromatic heterocycles. The molecule has 0 amide bonds. The van der Waals surface area contributed by atoms with E-state index in [-0.39, 0.29) is 5.82 Å². The normalized spacial score (nSPS) is 29.5. The molecule has 1 aromatic rings. The van der Waals surface area contributed by atoms with Crippen molar-refractivity contribution >= 4 is 11.9 Å². The second-order valence-corrected chi connectivity index (χ2v) is 5.18. The fourth-order valence-electron chi connectivity index (χ4n) is 2.29. The molecule has 1 fully saturated rings. The summed E-state index contributed by atoms with van der Waals surface area (Å²) >= 11 is 1.83. The van der Waals surface area contributed by atoms with Crippen LogP contribution in [-0.4, -0.2) is 29.8 Å². The molecule has 0 saturated carbocycles. The maximum Gasteiger partial charge on any atom is 0.126 e. The molecule has 0 aliphatic carbocycles. The van der Waals surface area contributed by atoms with E-state index in [1.807, 2.05) is 18.0 Å². The standard InChI is InChI=1S/C11H12FNOS/c1-13-10-5-14-11-4-7(12)2-3-8(11)9(10)6-15-13/h2-4,9-10H,5-6H2,1H3. The molecule has 0 spiro atoms. The van der Waals surface area contributed by atoms with Crippen LogP contribution in [0.3, 0.4) is 0 Å². The van der Waals surface area contributed by atoms with Crippen LogP contribution in [0, 0.1) is 5.82 Å². The Hall–Kier alpha value is -0.740. The summed E-state index contributed by atoms with van der Waals surface area (Å²) < 4.78 is 20.9. The molecule has 3 rings (SSSR count). The monoisotopic (exact) mass is 225 g/mol. The third-order valence-corrected chi connectivity index (χ3v) is 4.36. The van der Waals surface area contributed by atoms with Crippen molar-refractivity contribution in [3.63, 3.8) is 0 Å². The molecule has 1 aromatic carbocycles. The van der Waals surface area contributed by atoms with E-state index in [2.05, 4.69) is 11.4 Å². The number of ether oxygens (including phenoxy) is 1. The van der Waals surface area contributed by atoms with E-state index in [4.69, 9.17) is 4.74 Å². The van der Waals surface area contributed by atoms with E-state index in [1.165, 1.54) is 12.1 Å². The molecule has 1 saturated heterocycles. The topological polar surface area (TPSA) is 12.5 Å². The summed E-state index contributed by atoms with van der Waals surface area (Å²) in [6, 6.07) is 5.32. The number of hydrogen-bond acceptors (Lipinski definition) is 3. The van der Waals surface area contributed by atoms with E-state index < -0.39 is 0 Å². The first kappa shape index (κ1) is 9.48. The summed E-state index contributed by atoms with van der Waals surface area (Å²) in [6.45, 7) is 0.671. The lowest BCUT2D eigenvalue weighted by atomic mass is 9.91. The van der Waals surface area contributed by atoms with Crippen molar-refractivity contribution in [2.45, 2.75) is 12.0 Å². The molecule has 2 aliphatic rings. The zero-order chi connectivity index (χ0) is 10.4. The molecule has 0 N–H and O–H groups in total. The minimum absolute atomic E-state index is 0.216. The molecule has 15 heavy (non-hydrogen) atoms. The fraction of sp³-hybridized carbons (Fsp3) is 0.455. The summed E-state index contributed by atoms with van der Waals surface area (Å²) in [5, 5.41) is 0. The van der Waals surface area contributed by atoms with Crippen molar-refractivity contribution in [1.82, 2.24) is 4.31 Å². The summed E-state index contributed by atoms with van der Waals surface area (Å²) in [5.41, 5.74) is 1.16. The van der Waals surface area contributed by atoms with E-state index in [0.29, 0.717) is 18.6 Å². The summed E-state index contributed by atoms with van der Waals surface area (Å²) in [4.78, 5) is 0. The molecule has 0 bridgehead atoms. The number of rotatable bonds is 0. The van der Waals surface area contributed by atoms with Crippen LogP contribution in [0.1, 0.15) is 11.5 Å². The van der Waals surface area contributed by atoms with Crippen LogP contribution in [0.5, 0.6) is 5.75 Å². The Morgan fingerprint density at radius 1 is 1.53 bits per heavy atom. The first-order valence-electron chi connectivity index (χ1n) is 5.03. The average molecular weight is 225 g/mol. The molecular formula is C11H12FNOS. The van der Waals surface area contributed by atoms with Crippen LogP contribution in [0.4, 0.5) is 4.39 Å². The number of benzene rings is 1. The highest BCUT2D eigenvalue weighted by Gasteiger charge is 2.38. The van der Waals surface area contributed by atoms with E-state index >= 15 is 0 Å². The van der Waals surface area contributed by atoms with Crippen molar-refractivity contribution in [3.05, 3.63) is 29.6 Å². The second kappa shape index (κ2) is 3.39. The van der Waals surface area contributed by atoms with E-state index in [1.54, 1.807) is 0 Å². The number of nitrogens with zero attached hydrogens (tertiary/aromatic N) is 1. The molecule has 4 heteroatoms. The van der Waals surface area contributed by atoms with Gasteiger partial charge in [0.25, 0.3) is 0 Å². The van der Waals surface area contributed by atoms with Crippen molar-refractivity contribution in [2.75, 3.05) is 19.4 Å². The minimum atomic E-state index is -0.216. The predicted molar refractivity (Wildman–Crippen MR) is 58.6 cm³/mol. The van der Waals surface area contributed by atoms with Gasteiger partial charge in [0.2, 0.25) is 0 Å². The third kappa shape index (κ3) is 1.43. The maximum absolute atomic E-state index is 13.0. The molecule has 80 valence electrons. The smallest absolute Gasteiger partial charge is 0.126 e. The highest BCUT2D eigenvalue weighted by atomic mass is 32.2. The first-order valence-corrected chi connectivity index (χ1v) is 5.98. The number of likely N-dealkylation sites (N-methyl/N-ethyl adjacent to an activating group) is 1. The number of hydrogen-bond donors (Lipinski definition) is 0. The Kier molecular flexibility index (Phi) is 2.14. The van der Waals surface area contributed by atoms with Gasteiger partial charge >= 0.3 is 0 Å². The average Bonchev–Trinajstić information content (AvgIpc) is 2.60. The van der Waals surface area contributed by atoms with Crippen molar-refractivity contribution in [2.24, 2.45) is 0 Å². The third-order valence-electron chi connectivity index (χ3n) is 3.17. The van der Waals surface area contributed by atoms with Crippen molar-refractivity contribution in [1.29, 1.82) is 0 Å².